The Hall–Kier alpha value is -0.0300. The zero-order valence-corrected chi connectivity index (χ0v) is 13.2. The Morgan fingerprint density at radius 1 is 1.50 bits per heavy atom. The topological polar surface area (TPSA) is 29.3 Å². The summed E-state index contributed by atoms with van der Waals surface area (Å²) in [5, 5.41) is 0. The second-order valence-electron chi connectivity index (χ2n) is 5.13. The van der Waals surface area contributed by atoms with Crippen LogP contribution >= 0.6 is 23.1 Å². The fourth-order valence-corrected chi connectivity index (χ4v) is 4.72. The minimum Gasteiger partial charge on any atom is -0.326 e. The van der Waals surface area contributed by atoms with E-state index in [0.29, 0.717) is 12.1 Å². The second-order valence-corrected chi connectivity index (χ2v) is 7.60. The lowest BCUT2D eigenvalue weighted by molar-refractivity contribution is 0.140. The lowest BCUT2D eigenvalue weighted by Crippen LogP contribution is -2.48. The third kappa shape index (κ3) is 3.10. The summed E-state index contributed by atoms with van der Waals surface area (Å²) in [6, 6.07) is 5.78. The molecule has 2 nitrogen and oxygen atoms in total. The number of aryl methyl sites for hydroxylation is 1. The minimum absolute atomic E-state index is 0.244. The van der Waals surface area contributed by atoms with Gasteiger partial charge in [-0.05, 0) is 32.4 Å². The first-order valence-corrected chi connectivity index (χ1v) is 8.76. The van der Waals surface area contributed by atoms with Gasteiger partial charge in [-0.25, -0.2) is 0 Å². The normalized spacial score (nSPS) is 25.0. The van der Waals surface area contributed by atoms with Gasteiger partial charge in [0.25, 0.3) is 0 Å². The van der Waals surface area contributed by atoms with E-state index in [2.05, 4.69) is 49.6 Å². The van der Waals surface area contributed by atoms with E-state index in [4.69, 9.17) is 5.73 Å². The van der Waals surface area contributed by atoms with Gasteiger partial charge in [-0.1, -0.05) is 6.92 Å². The van der Waals surface area contributed by atoms with Crippen molar-refractivity contribution in [1.29, 1.82) is 0 Å². The zero-order valence-electron chi connectivity index (χ0n) is 11.6. The molecule has 0 bridgehead atoms. The van der Waals surface area contributed by atoms with Gasteiger partial charge >= 0.3 is 0 Å². The van der Waals surface area contributed by atoms with Gasteiger partial charge in [-0.3, -0.25) is 4.90 Å². The second kappa shape index (κ2) is 6.42. The minimum atomic E-state index is 0.244. The molecule has 0 spiro atoms. The first-order valence-electron chi connectivity index (χ1n) is 6.79. The van der Waals surface area contributed by atoms with Crippen LogP contribution in [0.3, 0.4) is 0 Å². The van der Waals surface area contributed by atoms with Gasteiger partial charge in [0.2, 0.25) is 0 Å². The average Bonchev–Trinajstić information content (AvgIpc) is 2.78. The van der Waals surface area contributed by atoms with Crippen LogP contribution in [0.2, 0.25) is 0 Å². The molecule has 2 N–H and O–H groups in total. The molecular weight excluding hydrogens is 260 g/mol. The summed E-state index contributed by atoms with van der Waals surface area (Å²) in [5.41, 5.74) is 6.41. The number of nitrogens with zero attached hydrogens (tertiary/aromatic N) is 1. The Balaban J connectivity index is 2.24. The van der Waals surface area contributed by atoms with Gasteiger partial charge in [0, 0.05) is 39.9 Å². The SMILES string of the molecule is CCC(N)C(c1ccc(C)s1)N1CCSCC1C. The largest absolute Gasteiger partial charge is 0.326 e. The summed E-state index contributed by atoms with van der Waals surface area (Å²) in [7, 11) is 0. The molecule has 1 aliphatic heterocycles. The van der Waals surface area contributed by atoms with Crippen molar-refractivity contribution in [2.45, 2.75) is 45.3 Å². The van der Waals surface area contributed by atoms with Crippen LogP contribution in [0.15, 0.2) is 12.1 Å². The number of thioether (sulfide) groups is 1. The molecule has 1 aromatic rings. The summed E-state index contributed by atoms with van der Waals surface area (Å²) in [4.78, 5) is 5.45. The first-order chi connectivity index (χ1) is 8.63. The first kappa shape index (κ1) is 14.4. The van der Waals surface area contributed by atoms with Crippen LogP contribution in [0.25, 0.3) is 0 Å². The van der Waals surface area contributed by atoms with E-state index >= 15 is 0 Å². The Morgan fingerprint density at radius 2 is 2.28 bits per heavy atom. The number of hydrogen-bond donors (Lipinski definition) is 1. The molecule has 0 saturated carbocycles. The van der Waals surface area contributed by atoms with Gasteiger partial charge in [0.05, 0.1) is 6.04 Å². The van der Waals surface area contributed by atoms with Crippen molar-refractivity contribution in [1.82, 2.24) is 4.90 Å². The van der Waals surface area contributed by atoms with Gasteiger partial charge < -0.3 is 5.73 Å². The van der Waals surface area contributed by atoms with Crippen LogP contribution in [-0.4, -0.2) is 35.0 Å². The molecular formula is C14H24N2S2. The summed E-state index contributed by atoms with van der Waals surface area (Å²) >= 11 is 3.97. The summed E-state index contributed by atoms with van der Waals surface area (Å²) < 4.78 is 0. The molecule has 1 aromatic heterocycles. The lowest BCUT2D eigenvalue weighted by atomic mass is 10.0. The van der Waals surface area contributed by atoms with E-state index in [-0.39, 0.29) is 6.04 Å². The molecule has 3 atom stereocenters. The third-order valence-electron chi connectivity index (χ3n) is 3.71. The highest BCUT2D eigenvalue weighted by Gasteiger charge is 2.31. The molecule has 102 valence electrons. The molecule has 0 aliphatic carbocycles. The standard InChI is InChI=1S/C14H24N2S2/c1-4-12(15)14(13-6-5-11(3)18-13)16-7-8-17-9-10(16)2/h5-6,10,12,14H,4,7-9,15H2,1-3H3. The van der Waals surface area contributed by atoms with E-state index in [9.17, 15) is 0 Å². The van der Waals surface area contributed by atoms with Crippen LogP contribution in [0.4, 0.5) is 0 Å². The Bertz CT molecular complexity index is 378. The predicted octanol–water partition coefficient (Wildman–Crippen LogP) is 3.27. The summed E-state index contributed by atoms with van der Waals surface area (Å²) in [5.74, 6) is 2.47. The quantitative estimate of drug-likeness (QED) is 0.920. The molecule has 1 saturated heterocycles. The van der Waals surface area contributed by atoms with Crippen molar-refractivity contribution in [2.75, 3.05) is 18.1 Å². The molecule has 18 heavy (non-hydrogen) atoms. The molecule has 0 aromatic carbocycles. The van der Waals surface area contributed by atoms with Crippen molar-refractivity contribution in [2.24, 2.45) is 5.73 Å². The molecule has 0 radical (unpaired) electrons. The maximum atomic E-state index is 6.41. The van der Waals surface area contributed by atoms with E-state index in [1.807, 2.05) is 11.3 Å². The summed E-state index contributed by atoms with van der Waals surface area (Å²) in [6.07, 6.45) is 1.04. The monoisotopic (exact) mass is 284 g/mol. The molecule has 4 heteroatoms. The average molecular weight is 284 g/mol. The number of hydrogen-bond acceptors (Lipinski definition) is 4. The molecule has 2 rings (SSSR count). The maximum Gasteiger partial charge on any atom is 0.0596 e. The Labute approximate surface area is 119 Å². The third-order valence-corrected chi connectivity index (χ3v) is 5.97. The van der Waals surface area contributed by atoms with Crippen LogP contribution in [0, 0.1) is 6.92 Å². The highest BCUT2D eigenvalue weighted by atomic mass is 32.2. The highest BCUT2D eigenvalue weighted by Crippen LogP contribution is 2.34. The fourth-order valence-electron chi connectivity index (χ4n) is 2.61. The van der Waals surface area contributed by atoms with Crippen LogP contribution in [-0.2, 0) is 0 Å². The van der Waals surface area contributed by atoms with Crippen LogP contribution in [0.5, 0.6) is 0 Å². The van der Waals surface area contributed by atoms with Crippen molar-refractivity contribution < 1.29 is 0 Å². The number of nitrogens with two attached hydrogens (primary N) is 1. The van der Waals surface area contributed by atoms with Crippen molar-refractivity contribution in [3.8, 4) is 0 Å². The lowest BCUT2D eigenvalue weighted by Gasteiger charge is -2.41. The molecule has 1 fully saturated rings. The summed E-state index contributed by atoms with van der Waals surface area (Å²) in [6.45, 7) is 7.88. The van der Waals surface area contributed by atoms with E-state index < -0.39 is 0 Å². The molecule has 3 unspecified atom stereocenters. The molecule has 2 heterocycles. The van der Waals surface area contributed by atoms with Gasteiger partial charge in [0.1, 0.15) is 0 Å². The highest BCUT2D eigenvalue weighted by molar-refractivity contribution is 7.99. The molecule has 1 aliphatic rings. The smallest absolute Gasteiger partial charge is 0.0596 e. The van der Waals surface area contributed by atoms with E-state index in [0.717, 1.165) is 6.42 Å². The Kier molecular flexibility index (Phi) is 5.13. The van der Waals surface area contributed by atoms with Crippen LogP contribution < -0.4 is 5.73 Å². The van der Waals surface area contributed by atoms with E-state index in [1.54, 1.807) is 0 Å². The van der Waals surface area contributed by atoms with Crippen LogP contribution in [0.1, 0.15) is 36.1 Å². The predicted molar refractivity (Wildman–Crippen MR) is 83.6 cm³/mol. The van der Waals surface area contributed by atoms with Crippen molar-refractivity contribution in [3.05, 3.63) is 21.9 Å². The maximum absolute atomic E-state index is 6.41. The zero-order chi connectivity index (χ0) is 13.1. The van der Waals surface area contributed by atoms with Crippen molar-refractivity contribution >= 4 is 23.1 Å². The number of rotatable bonds is 4. The molecule has 0 amide bonds. The fraction of sp³-hybridized carbons (Fsp3) is 0.714. The van der Waals surface area contributed by atoms with E-state index in [1.165, 1.54) is 27.8 Å². The van der Waals surface area contributed by atoms with Gasteiger partial charge in [0.15, 0.2) is 0 Å². The van der Waals surface area contributed by atoms with Crippen molar-refractivity contribution in [3.63, 3.8) is 0 Å². The Morgan fingerprint density at radius 3 is 2.83 bits per heavy atom. The van der Waals surface area contributed by atoms with Gasteiger partial charge in [-0.15, -0.1) is 11.3 Å². The number of thiophene rings is 1. The van der Waals surface area contributed by atoms with Gasteiger partial charge in [-0.2, -0.15) is 11.8 Å².